The first-order valence-electron chi connectivity index (χ1n) is 5.24. The highest BCUT2D eigenvalue weighted by atomic mass is 16.5. The van der Waals surface area contributed by atoms with Gasteiger partial charge in [0.05, 0.1) is 12.5 Å². The van der Waals surface area contributed by atoms with E-state index in [4.69, 9.17) is 4.74 Å². The monoisotopic (exact) mass is 199 g/mol. The molecule has 0 aromatic rings. The second-order valence-corrected chi connectivity index (χ2v) is 3.72. The van der Waals surface area contributed by atoms with Gasteiger partial charge in [0.15, 0.2) is 0 Å². The van der Waals surface area contributed by atoms with Crippen molar-refractivity contribution in [3.63, 3.8) is 0 Å². The third kappa shape index (κ3) is 2.99. The molecule has 1 saturated heterocycles. The third-order valence-electron chi connectivity index (χ3n) is 2.60. The maximum absolute atomic E-state index is 11.4. The van der Waals surface area contributed by atoms with Crippen LogP contribution in [0.5, 0.6) is 0 Å². The van der Waals surface area contributed by atoms with Gasteiger partial charge in [-0.2, -0.15) is 0 Å². The summed E-state index contributed by atoms with van der Waals surface area (Å²) < 4.78 is 4.96. The zero-order valence-corrected chi connectivity index (χ0v) is 8.90. The predicted octanol–water partition coefficient (Wildman–Crippen LogP) is 0.372. The van der Waals surface area contributed by atoms with Crippen LogP contribution in [0.2, 0.25) is 6.82 Å². The standard InChI is InChI=1S/C9H18BNO3/c1-3-14-9(12)8-5-4-6-11(7-8)10(2)13/h8,13H,3-7H2,1-2H3/t8-/m0/s1. The summed E-state index contributed by atoms with van der Waals surface area (Å²) in [5, 5.41) is 9.38. The topological polar surface area (TPSA) is 49.8 Å². The van der Waals surface area contributed by atoms with E-state index >= 15 is 0 Å². The molecule has 0 amide bonds. The minimum Gasteiger partial charge on any atom is -0.466 e. The number of hydrogen-bond donors (Lipinski definition) is 1. The van der Waals surface area contributed by atoms with Crippen molar-refractivity contribution in [3.8, 4) is 0 Å². The Morgan fingerprint density at radius 1 is 1.71 bits per heavy atom. The van der Waals surface area contributed by atoms with Crippen molar-refractivity contribution in [2.45, 2.75) is 26.6 Å². The number of ether oxygens (including phenoxy) is 1. The van der Waals surface area contributed by atoms with Gasteiger partial charge in [-0.1, -0.05) is 0 Å². The van der Waals surface area contributed by atoms with Crippen LogP contribution in [0.1, 0.15) is 19.8 Å². The summed E-state index contributed by atoms with van der Waals surface area (Å²) in [4.78, 5) is 13.3. The van der Waals surface area contributed by atoms with E-state index in [-0.39, 0.29) is 11.9 Å². The molecule has 0 bridgehead atoms. The Morgan fingerprint density at radius 2 is 2.43 bits per heavy atom. The lowest BCUT2D eigenvalue weighted by Gasteiger charge is -2.31. The molecule has 1 aliphatic rings. The van der Waals surface area contributed by atoms with Crippen molar-refractivity contribution >= 4 is 13.0 Å². The van der Waals surface area contributed by atoms with Crippen LogP contribution >= 0.6 is 0 Å². The van der Waals surface area contributed by atoms with Crippen LogP contribution in [-0.4, -0.2) is 42.6 Å². The molecule has 5 heteroatoms. The van der Waals surface area contributed by atoms with Crippen LogP contribution in [0.3, 0.4) is 0 Å². The van der Waals surface area contributed by atoms with Gasteiger partial charge in [0.2, 0.25) is 0 Å². The van der Waals surface area contributed by atoms with Gasteiger partial charge < -0.3 is 14.6 Å². The Labute approximate surface area is 85.4 Å². The van der Waals surface area contributed by atoms with Crippen LogP contribution in [0, 0.1) is 5.92 Å². The smallest absolute Gasteiger partial charge is 0.376 e. The quantitative estimate of drug-likeness (QED) is 0.527. The largest absolute Gasteiger partial charge is 0.466 e. The number of rotatable bonds is 3. The SMILES string of the molecule is CCOC(=O)[C@H]1CCCN(B(C)O)C1. The molecule has 80 valence electrons. The molecule has 0 unspecified atom stereocenters. The van der Waals surface area contributed by atoms with Crippen molar-refractivity contribution in [1.29, 1.82) is 0 Å². The molecule has 0 aromatic carbocycles. The van der Waals surface area contributed by atoms with Gasteiger partial charge in [0.1, 0.15) is 0 Å². The van der Waals surface area contributed by atoms with Crippen molar-refractivity contribution in [1.82, 2.24) is 4.81 Å². The molecule has 14 heavy (non-hydrogen) atoms. The van der Waals surface area contributed by atoms with E-state index in [9.17, 15) is 9.82 Å². The van der Waals surface area contributed by atoms with Gasteiger partial charge in [-0.25, -0.2) is 0 Å². The Morgan fingerprint density at radius 3 is 3.00 bits per heavy atom. The summed E-state index contributed by atoms with van der Waals surface area (Å²) in [6.07, 6.45) is 1.83. The molecular weight excluding hydrogens is 181 g/mol. The highest BCUT2D eigenvalue weighted by molar-refractivity contribution is 6.45. The number of piperidine rings is 1. The number of hydrogen-bond acceptors (Lipinski definition) is 4. The molecule has 0 saturated carbocycles. The number of nitrogens with zero attached hydrogens (tertiary/aromatic N) is 1. The number of carbonyl (C=O) groups is 1. The molecule has 1 rings (SSSR count). The van der Waals surface area contributed by atoms with E-state index in [2.05, 4.69) is 0 Å². The molecule has 1 aliphatic heterocycles. The van der Waals surface area contributed by atoms with Crippen molar-refractivity contribution in [2.24, 2.45) is 5.92 Å². The molecule has 1 atom stereocenters. The lowest BCUT2D eigenvalue weighted by Crippen LogP contribution is -2.46. The van der Waals surface area contributed by atoms with E-state index in [1.165, 1.54) is 0 Å². The minimum atomic E-state index is -0.466. The summed E-state index contributed by atoms with van der Waals surface area (Å²) in [6.45, 7) is 5.47. The number of carbonyl (C=O) groups excluding carboxylic acids is 1. The maximum atomic E-state index is 11.4. The molecule has 4 nitrogen and oxygen atoms in total. The second kappa shape index (κ2) is 5.36. The summed E-state index contributed by atoms with van der Waals surface area (Å²) in [7, 11) is -0.466. The predicted molar refractivity (Wildman–Crippen MR) is 54.8 cm³/mol. The van der Waals surface area contributed by atoms with Crippen LogP contribution in [-0.2, 0) is 9.53 Å². The Balaban J connectivity index is 2.43. The molecule has 1 fully saturated rings. The zero-order valence-electron chi connectivity index (χ0n) is 8.90. The summed E-state index contributed by atoms with van der Waals surface area (Å²) in [5.41, 5.74) is 0. The van der Waals surface area contributed by atoms with E-state index in [1.807, 2.05) is 11.7 Å². The van der Waals surface area contributed by atoms with Crippen molar-refractivity contribution in [3.05, 3.63) is 0 Å². The lowest BCUT2D eigenvalue weighted by molar-refractivity contribution is -0.149. The highest BCUT2D eigenvalue weighted by Crippen LogP contribution is 2.18. The molecule has 0 spiro atoms. The van der Waals surface area contributed by atoms with Crippen molar-refractivity contribution < 1.29 is 14.6 Å². The van der Waals surface area contributed by atoms with Gasteiger partial charge in [-0.05, 0) is 33.1 Å². The van der Waals surface area contributed by atoms with Gasteiger partial charge in [0, 0.05) is 6.54 Å². The van der Waals surface area contributed by atoms with Gasteiger partial charge in [-0.3, -0.25) is 4.79 Å². The van der Waals surface area contributed by atoms with E-state index in [1.54, 1.807) is 6.82 Å². The molecule has 0 radical (unpaired) electrons. The fourth-order valence-electron chi connectivity index (χ4n) is 1.80. The van der Waals surface area contributed by atoms with Gasteiger partial charge in [-0.15, -0.1) is 0 Å². The summed E-state index contributed by atoms with van der Waals surface area (Å²) >= 11 is 0. The van der Waals surface area contributed by atoms with Crippen LogP contribution in [0.4, 0.5) is 0 Å². The van der Waals surface area contributed by atoms with E-state index in [0.717, 1.165) is 19.4 Å². The molecule has 1 heterocycles. The fraction of sp³-hybridized carbons (Fsp3) is 0.889. The van der Waals surface area contributed by atoms with Crippen LogP contribution in [0.15, 0.2) is 0 Å². The van der Waals surface area contributed by atoms with E-state index < -0.39 is 7.05 Å². The molecule has 0 aliphatic carbocycles. The second-order valence-electron chi connectivity index (χ2n) is 3.72. The first-order valence-corrected chi connectivity index (χ1v) is 5.24. The van der Waals surface area contributed by atoms with Crippen molar-refractivity contribution in [2.75, 3.05) is 19.7 Å². The molecular formula is C9H18BNO3. The lowest BCUT2D eigenvalue weighted by atomic mass is 9.81. The maximum Gasteiger partial charge on any atom is 0.376 e. The van der Waals surface area contributed by atoms with Crippen LogP contribution in [0.25, 0.3) is 0 Å². The minimum absolute atomic E-state index is 0.0571. The Hall–Kier alpha value is -0.545. The first-order chi connectivity index (χ1) is 6.65. The summed E-state index contributed by atoms with van der Waals surface area (Å²) in [5.74, 6) is -0.184. The van der Waals surface area contributed by atoms with E-state index in [0.29, 0.717) is 13.2 Å². The Bertz CT molecular complexity index is 198. The summed E-state index contributed by atoms with van der Waals surface area (Å²) in [6, 6.07) is 0. The average Bonchev–Trinajstić information content (AvgIpc) is 2.18. The fourth-order valence-corrected chi connectivity index (χ4v) is 1.80. The highest BCUT2D eigenvalue weighted by Gasteiger charge is 2.29. The normalized spacial score (nSPS) is 23.2. The Kier molecular flexibility index (Phi) is 4.42. The number of esters is 1. The molecule has 1 N–H and O–H groups in total. The molecule has 0 aromatic heterocycles. The zero-order chi connectivity index (χ0) is 10.6. The van der Waals surface area contributed by atoms with Crippen LogP contribution < -0.4 is 0 Å². The van der Waals surface area contributed by atoms with Gasteiger partial charge in [0.25, 0.3) is 0 Å². The van der Waals surface area contributed by atoms with Gasteiger partial charge >= 0.3 is 13.0 Å². The average molecular weight is 199 g/mol. The third-order valence-corrected chi connectivity index (χ3v) is 2.60. The first kappa shape index (κ1) is 11.5.